The van der Waals surface area contributed by atoms with Crippen molar-refractivity contribution >= 4 is 5.97 Å². The van der Waals surface area contributed by atoms with Crippen LogP contribution in [-0.4, -0.2) is 23.7 Å². The van der Waals surface area contributed by atoms with Crippen molar-refractivity contribution in [1.29, 1.82) is 0 Å². The molecule has 0 spiro atoms. The van der Waals surface area contributed by atoms with E-state index < -0.39 is 11.4 Å². The van der Waals surface area contributed by atoms with E-state index in [0.717, 1.165) is 12.8 Å². The highest BCUT2D eigenvalue weighted by Gasteiger charge is 2.30. The van der Waals surface area contributed by atoms with Gasteiger partial charge in [0, 0.05) is 12.6 Å². The van der Waals surface area contributed by atoms with Crippen LogP contribution in [0, 0.1) is 5.41 Å². The van der Waals surface area contributed by atoms with E-state index in [4.69, 9.17) is 5.11 Å². The third-order valence-corrected chi connectivity index (χ3v) is 3.06. The third-order valence-electron chi connectivity index (χ3n) is 3.06. The second-order valence-corrected chi connectivity index (χ2v) is 4.11. The van der Waals surface area contributed by atoms with E-state index in [1.807, 2.05) is 6.92 Å². The van der Waals surface area contributed by atoms with E-state index in [0.29, 0.717) is 19.0 Å². The fourth-order valence-electron chi connectivity index (χ4n) is 1.30. The molecule has 0 saturated heterocycles. The fourth-order valence-corrected chi connectivity index (χ4v) is 1.30. The van der Waals surface area contributed by atoms with Gasteiger partial charge in [0.15, 0.2) is 0 Å². The molecule has 0 amide bonds. The minimum atomic E-state index is -0.710. The Balaban J connectivity index is 4.13. The van der Waals surface area contributed by atoms with Crippen LogP contribution < -0.4 is 5.32 Å². The van der Waals surface area contributed by atoms with E-state index in [1.54, 1.807) is 6.92 Å². The van der Waals surface area contributed by atoms with Gasteiger partial charge < -0.3 is 10.4 Å². The molecule has 0 aliphatic rings. The van der Waals surface area contributed by atoms with Crippen LogP contribution in [0.15, 0.2) is 0 Å². The highest BCUT2D eigenvalue weighted by atomic mass is 16.4. The first-order valence-corrected chi connectivity index (χ1v) is 5.46. The van der Waals surface area contributed by atoms with Crippen LogP contribution in [0.2, 0.25) is 0 Å². The molecule has 0 aliphatic heterocycles. The van der Waals surface area contributed by atoms with Crippen LogP contribution >= 0.6 is 0 Å². The molecule has 0 fully saturated rings. The normalized spacial score (nSPS) is 15.5. The topological polar surface area (TPSA) is 49.3 Å². The van der Waals surface area contributed by atoms with Gasteiger partial charge >= 0.3 is 5.97 Å². The van der Waals surface area contributed by atoms with Gasteiger partial charge in [0.05, 0.1) is 5.41 Å². The zero-order chi connectivity index (χ0) is 11.2. The van der Waals surface area contributed by atoms with Gasteiger partial charge in [-0.25, -0.2) is 0 Å². The van der Waals surface area contributed by atoms with Gasteiger partial charge in [0.2, 0.25) is 0 Å². The Labute approximate surface area is 86.9 Å². The van der Waals surface area contributed by atoms with Crippen molar-refractivity contribution in [3.05, 3.63) is 0 Å². The van der Waals surface area contributed by atoms with Crippen LogP contribution in [0.25, 0.3) is 0 Å². The second-order valence-electron chi connectivity index (χ2n) is 4.11. The summed E-state index contributed by atoms with van der Waals surface area (Å²) in [5, 5.41) is 12.4. The number of carboxylic acid groups (broad SMARTS) is 1. The largest absolute Gasteiger partial charge is 0.481 e. The van der Waals surface area contributed by atoms with Gasteiger partial charge in [0.25, 0.3) is 0 Å². The number of nitrogens with one attached hydrogen (secondary N) is 1. The molecule has 84 valence electrons. The smallest absolute Gasteiger partial charge is 0.310 e. The zero-order valence-corrected chi connectivity index (χ0v) is 9.76. The molecule has 0 aromatic heterocycles. The average Bonchev–Trinajstić information content (AvgIpc) is 2.18. The van der Waals surface area contributed by atoms with E-state index in [9.17, 15) is 4.79 Å². The van der Waals surface area contributed by atoms with Crippen LogP contribution in [0.5, 0.6) is 0 Å². The number of carboxylic acids is 1. The summed E-state index contributed by atoms with van der Waals surface area (Å²) in [4.78, 5) is 11.0. The van der Waals surface area contributed by atoms with Gasteiger partial charge in [-0.3, -0.25) is 4.79 Å². The lowest BCUT2D eigenvalue weighted by atomic mass is 9.87. The maximum atomic E-state index is 11.0. The third kappa shape index (κ3) is 3.66. The lowest BCUT2D eigenvalue weighted by Gasteiger charge is -2.26. The van der Waals surface area contributed by atoms with Gasteiger partial charge in [-0.05, 0) is 26.2 Å². The molecule has 0 radical (unpaired) electrons. The van der Waals surface area contributed by atoms with Crippen molar-refractivity contribution in [2.24, 2.45) is 5.41 Å². The van der Waals surface area contributed by atoms with Crippen LogP contribution in [-0.2, 0) is 4.79 Å². The first-order chi connectivity index (χ1) is 6.50. The Morgan fingerprint density at radius 3 is 2.14 bits per heavy atom. The van der Waals surface area contributed by atoms with E-state index in [1.165, 1.54) is 0 Å². The summed E-state index contributed by atoms with van der Waals surface area (Å²) >= 11 is 0. The van der Waals surface area contributed by atoms with Crippen molar-refractivity contribution in [3.63, 3.8) is 0 Å². The monoisotopic (exact) mass is 201 g/mol. The molecule has 0 rings (SSSR count). The molecule has 0 aliphatic carbocycles. The molecule has 2 N–H and O–H groups in total. The highest BCUT2D eigenvalue weighted by Crippen LogP contribution is 2.20. The lowest BCUT2D eigenvalue weighted by Crippen LogP contribution is -2.42. The molecule has 14 heavy (non-hydrogen) atoms. The second kappa shape index (κ2) is 6.02. The summed E-state index contributed by atoms with van der Waals surface area (Å²) in [7, 11) is 0. The van der Waals surface area contributed by atoms with Crippen molar-refractivity contribution in [2.75, 3.05) is 6.54 Å². The molecule has 3 heteroatoms. The first-order valence-electron chi connectivity index (χ1n) is 5.46. The summed E-state index contributed by atoms with van der Waals surface area (Å²) in [5.41, 5.74) is -0.622. The average molecular weight is 201 g/mol. The van der Waals surface area contributed by atoms with Crippen LogP contribution in [0.3, 0.4) is 0 Å². The number of rotatable bonds is 7. The SMILES string of the molecule is CCC(CC)NCC(C)(CC)C(=O)O. The molecule has 3 nitrogen and oxygen atoms in total. The molecule has 1 unspecified atom stereocenters. The summed E-state index contributed by atoms with van der Waals surface area (Å²) in [6, 6.07) is 0.445. The molecule has 0 bridgehead atoms. The highest BCUT2D eigenvalue weighted by molar-refractivity contribution is 5.74. The van der Waals surface area contributed by atoms with E-state index in [-0.39, 0.29) is 0 Å². The Morgan fingerprint density at radius 1 is 1.36 bits per heavy atom. The Kier molecular flexibility index (Phi) is 5.77. The fraction of sp³-hybridized carbons (Fsp3) is 0.909. The standard InChI is InChI=1S/C11H23NO2/c1-5-9(6-2)12-8-11(4,7-3)10(13)14/h9,12H,5-8H2,1-4H3,(H,13,14). The minimum Gasteiger partial charge on any atom is -0.481 e. The van der Waals surface area contributed by atoms with Crippen molar-refractivity contribution < 1.29 is 9.90 Å². The molecule has 0 saturated carbocycles. The molecule has 0 aromatic carbocycles. The number of carbonyl (C=O) groups is 1. The summed E-state index contributed by atoms with van der Waals surface area (Å²) in [6.07, 6.45) is 2.77. The summed E-state index contributed by atoms with van der Waals surface area (Å²) in [5.74, 6) is -0.710. The number of hydrogen-bond acceptors (Lipinski definition) is 2. The zero-order valence-electron chi connectivity index (χ0n) is 9.76. The van der Waals surface area contributed by atoms with Crippen LogP contribution in [0.4, 0.5) is 0 Å². The lowest BCUT2D eigenvalue weighted by molar-refractivity contribution is -0.147. The summed E-state index contributed by atoms with van der Waals surface area (Å²) in [6.45, 7) is 8.51. The predicted molar refractivity (Wildman–Crippen MR) is 58.4 cm³/mol. The predicted octanol–water partition coefficient (Wildman–Crippen LogP) is 2.27. The van der Waals surface area contributed by atoms with Crippen molar-refractivity contribution in [3.8, 4) is 0 Å². The van der Waals surface area contributed by atoms with E-state index in [2.05, 4.69) is 19.2 Å². The molecule has 1 atom stereocenters. The summed E-state index contributed by atoms with van der Waals surface area (Å²) < 4.78 is 0. The quantitative estimate of drug-likeness (QED) is 0.664. The Bertz CT molecular complexity index is 178. The molecular weight excluding hydrogens is 178 g/mol. The maximum absolute atomic E-state index is 11.0. The van der Waals surface area contributed by atoms with Crippen molar-refractivity contribution in [2.45, 2.75) is 53.0 Å². The maximum Gasteiger partial charge on any atom is 0.310 e. The van der Waals surface area contributed by atoms with Gasteiger partial charge in [0.1, 0.15) is 0 Å². The molecule has 0 heterocycles. The Hall–Kier alpha value is -0.570. The molecular formula is C11H23NO2. The van der Waals surface area contributed by atoms with Gasteiger partial charge in [-0.1, -0.05) is 20.8 Å². The van der Waals surface area contributed by atoms with Crippen molar-refractivity contribution in [1.82, 2.24) is 5.32 Å². The minimum absolute atomic E-state index is 0.445. The van der Waals surface area contributed by atoms with Gasteiger partial charge in [-0.2, -0.15) is 0 Å². The van der Waals surface area contributed by atoms with E-state index >= 15 is 0 Å². The number of aliphatic carboxylic acids is 1. The van der Waals surface area contributed by atoms with Gasteiger partial charge in [-0.15, -0.1) is 0 Å². The number of hydrogen-bond donors (Lipinski definition) is 2. The first kappa shape index (κ1) is 13.4. The van der Waals surface area contributed by atoms with Crippen LogP contribution in [0.1, 0.15) is 47.0 Å². The Morgan fingerprint density at radius 2 is 1.86 bits per heavy atom. The molecule has 0 aromatic rings.